The third-order valence-electron chi connectivity index (χ3n) is 5.41. The molecule has 0 aromatic heterocycles. The highest BCUT2D eigenvalue weighted by molar-refractivity contribution is 14.0. The van der Waals surface area contributed by atoms with E-state index in [2.05, 4.69) is 46.8 Å². The van der Waals surface area contributed by atoms with E-state index in [1.807, 2.05) is 19.1 Å². The maximum absolute atomic E-state index is 12.2. The van der Waals surface area contributed by atoms with Crippen molar-refractivity contribution in [1.29, 1.82) is 0 Å². The minimum Gasteiger partial charge on any atom is -0.497 e. The van der Waals surface area contributed by atoms with Crippen LogP contribution >= 0.6 is 24.0 Å². The number of hydrogen-bond acceptors (Lipinski definition) is 4. The van der Waals surface area contributed by atoms with Gasteiger partial charge in [-0.2, -0.15) is 0 Å². The highest BCUT2D eigenvalue weighted by Gasteiger charge is 2.26. The summed E-state index contributed by atoms with van der Waals surface area (Å²) in [5.74, 6) is 2.42. The smallest absolute Gasteiger partial charge is 0.191 e. The van der Waals surface area contributed by atoms with Gasteiger partial charge in [-0.05, 0) is 51.1 Å². The Kier molecular flexibility index (Phi) is 12.1. The van der Waals surface area contributed by atoms with E-state index < -0.39 is 10.8 Å². The van der Waals surface area contributed by atoms with Gasteiger partial charge in [0.25, 0.3) is 0 Å². The van der Waals surface area contributed by atoms with Crippen molar-refractivity contribution in [2.45, 2.75) is 49.9 Å². The molecular formula is C21H37IN4O2S. The average molecular weight is 537 g/mol. The van der Waals surface area contributed by atoms with Crippen LogP contribution in [0.5, 0.6) is 5.75 Å². The maximum atomic E-state index is 12.2. The third-order valence-corrected chi connectivity index (χ3v) is 7.15. The number of hydrogen-bond donors (Lipinski definition) is 2. The summed E-state index contributed by atoms with van der Waals surface area (Å²) in [5, 5.41) is 7.32. The van der Waals surface area contributed by atoms with Crippen LogP contribution < -0.4 is 15.4 Å². The Morgan fingerprint density at radius 1 is 1.38 bits per heavy atom. The van der Waals surface area contributed by atoms with Crippen LogP contribution in [-0.2, 0) is 10.8 Å². The quantitative estimate of drug-likeness (QED) is 0.304. The first-order valence-electron chi connectivity index (χ1n) is 10.1. The molecule has 0 amide bonds. The normalized spacial score (nSPS) is 21.8. The molecule has 1 saturated carbocycles. The van der Waals surface area contributed by atoms with Crippen molar-refractivity contribution in [2.24, 2.45) is 4.99 Å². The number of rotatable bonds is 8. The van der Waals surface area contributed by atoms with Gasteiger partial charge in [-0.15, -0.1) is 24.0 Å². The van der Waals surface area contributed by atoms with Gasteiger partial charge < -0.3 is 20.3 Å². The molecule has 2 rings (SSSR count). The first-order valence-corrected chi connectivity index (χ1v) is 11.5. The van der Waals surface area contributed by atoms with Crippen molar-refractivity contribution in [2.75, 3.05) is 40.6 Å². The van der Waals surface area contributed by atoms with Gasteiger partial charge in [-0.1, -0.05) is 25.5 Å². The lowest BCUT2D eigenvalue weighted by Gasteiger charge is -2.31. The first kappa shape index (κ1) is 26.2. The fourth-order valence-electron chi connectivity index (χ4n) is 3.78. The molecule has 0 bridgehead atoms. The van der Waals surface area contributed by atoms with Crippen molar-refractivity contribution in [3.05, 3.63) is 29.8 Å². The molecule has 1 fully saturated rings. The largest absolute Gasteiger partial charge is 0.497 e. The molecule has 0 radical (unpaired) electrons. The van der Waals surface area contributed by atoms with Crippen LogP contribution in [0.4, 0.5) is 0 Å². The van der Waals surface area contributed by atoms with E-state index in [9.17, 15) is 4.21 Å². The van der Waals surface area contributed by atoms with E-state index in [-0.39, 0.29) is 30.0 Å². The molecule has 8 heteroatoms. The highest BCUT2D eigenvalue weighted by atomic mass is 127. The molecule has 166 valence electrons. The molecule has 1 aliphatic rings. The van der Waals surface area contributed by atoms with Crippen LogP contribution in [-0.4, -0.2) is 66.9 Å². The molecule has 0 spiro atoms. The van der Waals surface area contributed by atoms with Crippen LogP contribution in [0.2, 0.25) is 0 Å². The Morgan fingerprint density at radius 3 is 2.76 bits per heavy atom. The predicted molar refractivity (Wildman–Crippen MR) is 134 cm³/mol. The molecule has 29 heavy (non-hydrogen) atoms. The van der Waals surface area contributed by atoms with Crippen LogP contribution in [0.1, 0.15) is 44.2 Å². The molecule has 0 heterocycles. The number of nitrogens with one attached hydrogen (secondary N) is 2. The zero-order chi connectivity index (χ0) is 20.5. The van der Waals surface area contributed by atoms with Crippen LogP contribution in [0, 0.1) is 0 Å². The number of benzene rings is 1. The summed E-state index contributed by atoms with van der Waals surface area (Å²) in [5.41, 5.74) is 1.20. The highest BCUT2D eigenvalue weighted by Crippen LogP contribution is 2.24. The fourth-order valence-corrected chi connectivity index (χ4v) is 5.13. The number of guanidine groups is 1. The van der Waals surface area contributed by atoms with Gasteiger partial charge in [-0.3, -0.25) is 9.20 Å². The summed E-state index contributed by atoms with van der Waals surface area (Å²) in [4.78, 5) is 6.60. The summed E-state index contributed by atoms with van der Waals surface area (Å²) >= 11 is 0. The number of methoxy groups -OCH3 is 1. The fraction of sp³-hybridized carbons (Fsp3) is 0.667. The van der Waals surface area contributed by atoms with Crippen LogP contribution in [0.15, 0.2) is 29.3 Å². The Labute approximate surface area is 195 Å². The second kappa shape index (κ2) is 13.4. The lowest BCUT2D eigenvalue weighted by molar-refractivity contribution is 0.296. The van der Waals surface area contributed by atoms with Gasteiger partial charge in [0.1, 0.15) is 5.75 Å². The van der Waals surface area contributed by atoms with Crippen molar-refractivity contribution in [3.63, 3.8) is 0 Å². The minimum absolute atomic E-state index is 0. The Bertz CT molecular complexity index is 672. The minimum atomic E-state index is -0.715. The summed E-state index contributed by atoms with van der Waals surface area (Å²) in [6.45, 7) is 2.74. The second-order valence-electron chi connectivity index (χ2n) is 7.51. The molecule has 1 aromatic rings. The maximum Gasteiger partial charge on any atom is 0.191 e. The van der Waals surface area contributed by atoms with Crippen molar-refractivity contribution in [1.82, 2.24) is 15.5 Å². The van der Waals surface area contributed by atoms with Crippen molar-refractivity contribution in [3.8, 4) is 5.75 Å². The number of ether oxygens (including phenoxy) is 1. The summed E-state index contributed by atoms with van der Waals surface area (Å²) in [6, 6.07) is 8.71. The monoisotopic (exact) mass is 536 g/mol. The lowest BCUT2D eigenvalue weighted by Crippen LogP contribution is -2.48. The standard InChI is InChI=1S/C21H36N4O2S.HI/c1-6-28(26)19-12-8-10-17(14-19)24-21(22-2)23-15-20(25(3)4)16-9-7-11-18(13-16)27-5;/h7,9,11,13,17,19-20H,6,8,10,12,14-15H2,1-5H3,(H2,22,23,24);1H. The molecule has 4 unspecified atom stereocenters. The topological polar surface area (TPSA) is 66.0 Å². The van der Waals surface area contributed by atoms with E-state index in [1.165, 1.54) is 5.56 Å². The van der Waals surface area contributed by atoms with Gasteiger partial charge in [0.05, 0.1) is 13.2 Å². The van der Waals surface area contributed by atoms with Gasteiger partial charge >= 0.3 is 0 Å². The Hall–Kier alpha value is -0.870. The SMILES string of the molecule is CCS(=O)C1CCCC(NC(=NC)NCC(c2cccc(OC)c2)N(C)C)C1.I. The van der Waals surface area contributed by atoms with E-state index in [0.717, 1.165) is 49.7 Å². The van der Waals surface area contributed by atoms with Crippen molar-refractivity contribution < 1.29 is 8.95 Å². The zero-order valence-corrected chi connectivity index (χ0v) is 21.5. The van der Waals surface area contributed by atoms with Crippen LogP contribution in [0.25, 0.3) is 0 Å². The van der Waals surface area contributed by atoms with E-state index in [1.54, 1.807) is 14.2 Å². The lowest BCUT2D eigenvalue weighted by atomic mass is 9.95. The third kappa shape index (κ3) is 8.05. The molecule has 1 aliphatic carbocycles. The predicted octanol–water partition coefficient (Wildman–Crippen LogP) is 3.16. The van der Waals surface area contributed by atoms with Gasteiger partial charge in [0.2, 0.25) is 0 Å². The van der Waals surface area contributed by atoms with E-state index in [0.29, 0.717) is 11.3 Å². The first-order chi connectivity index (χ1) is 13.5. The van der Waals surface area contributed by atoms with Gasteiger partial charge in [0.15, 0.2) is 5.96 Å². The molecule has 1 aromatic carbocycles. The van der Waals surface area contributed by atoms with Crippen LogP contribution in [0.3, 0.4) is 0 Å². The number of halogens is 1. The molecule has 0 aliphatic heterocycles. The summed E-state index contributed by atoms with van der Waals surface area (Å²) in [6.07, 6.45) is 4.25. The number of likely N-dealkylation sites (N-methyl/N-ethyl adjacent to an activating group) is 1. The van der Waals surface area contributed by atoms with Gasteiger partial charge in [-0.25, -0.2) is 0 Å². The van der Waals surface area contributed by atoms with Gasteiger partial charge in [0, 0.05) is 41.4 Å². The summed E-state index contributed by atoms with van der Waals surface area (Å²) in [7, 11) is 6.93. The van der Waals surface area contributed by atoms with E-state index in [4.69, 9.17) is 4.74 Å². The molecule has 6 nitrogen and oxygen atoms in total. The zero-order valence-electron chi connectivity index (χ0n) is 18.3. The molecule has 2 N–H and O–H groups in total. The molecular weight excluding hydrogens is 499 g/mol. The second-order valence-corrected chi connectivity index (χ2v) is 9.51. The van der Waals surface area contributed by atoms with Crippen molar-refractivity contribution >= 4 is 40.7 Å². The molecule has 0 saturated heterocycles. The average Bonchev–Trinajstić information content (AvgIpc) is 2.72. The Balaban J connectivity index is 0.00000420. The van der Waals surface area contributed by atoms with E-state index >= 15 is 0 Å². The number of aliphatic imine (C=N–C) groups is 1. The Morgan fingerprint density at radius 2 is 2.14 bits per heavy atom. The number of nitrogens with zero attached hydrogens (tertiary/aromatic N) is 2. The summed E-state index contributed by atoms with van der Waals surface area (Å²) < 4.78 is 17.6. The molecule has 4 atom stereocenters.